The van der Waals surface area contributed by atoms with Crippen molar-refractivity contribution in [1.82, 2.24) is 4.57 Å². The highest BCUT2D eigenvalue weighted by atomic mass is 79.9. The Bertz CT molecular complexity index is 1030. The average molecular weight is 561 g/mol. The molecule has 0 saturated carbocycles. The molecule has 0 aliphatic heterocycles. The molecular formula is C22H27Br2NO2S2. The Kier molecular flexibility index (Phi) is 8.54. The highest BCUT2D eigenvalue weighted by Gasteiger charge is 2.18. The van der Waals surface area contributed by atoms with Gasteiger partial charge in [0.1, 0.15) is 0 Å². The lowest BCUT2D eigenvalue weighted by atomic mass is 9.95. The molecule has 3 aromatic rings. The maximum absolute atomic E-state index is 13.4. The first-order chi connectivity index (χ1) is 14.0. The number of hydrogen-bond acceptors (Lipinski definition) is 4. The minimum absolute atomic E-state index is 0.151. The van der Waals surface area contributed by atoms with Crippen molar-refractivity contribution in [3.05, 3.63) is 40.4 Å². The number of thiophene rings is 2. The normalized spacial score (nSPS) is 12.8. The number of hydrogen-bond donors (Lipinski definition) is 0. The molecule has 3 heterocycles. The Morgan fingerprint density at radius 1 is 0.828 bits per heavy atom. The van der Waals surface area contributed by atoms with Gasteiger partial charge in [0.05, 0.1) is 27.7 Å². The van der Waals surface area contributed by atoms with E-state index in [1.165, 1.54) is 52.9 Å². The van der Waals surface area contributed by atoms with Gasteiger partial charge < -0.3 is 0 Å². The van der Waals surface area contributed by atoms with Crippen molar-refractivity contribution in [1.29, 1.82) is 0 Å². The third-order valence-corrected chi connectivity index (χ3v) is 8.87. The number of fused-ring (bicyclic) bond motifs is 3. The van der Waals surface area contributed by atoms with Gasteiger partial charge >= 0.3 is 0 Å². The zero-order chi connectivity index (χ0) is 21.0. The molecule has 0 amide bonds. The van der Waals surface area contributed by atoms with Gasteiger partial charge in [0.2, 0.25) is 0 Å². The Morgan fingerprint density at radius 2 is 1.34 bits per heavy atom. The van der Waals surface area contributed by atoms with E-state index in [0.717, 1.165) is 42.7 Å². The van der Waals surface area contributed by atoms with E-state index in [1.807, 2.05) is 12.1 Å². The quantitative estimate of drug-likeness (QED) is 0.236. The summed E-state index contributed by atoms with van der Waals surface area (Å²) >= 11 is 10.1. The standard InChI is InChI=1S/C22H27Br2NO2S2/c1-3-5-7-8-10-14(9-6-4-2)13-25-21(26)15-11-17(23)28-19(15)20-16(22(25)27)12-18(24)29-20/h11-12,14H,3-10,13H2,1-2H3. The summed E-state index contributed by atoms with van der Waals surface area (Å²) in [4.78, 5) is 26.8. The molecule has 7 heteroatoms. The zero-order valence-corrected chi connectivity index (χ0v) is 21.7. The lowest BCUT2D eigenvalue weighted by Gasteiger charge is -2.17. The molecule has 3 rings (SSSR count). The molecule has 3 nitrogen and oxygen atoms in total. The third-order valence-electron chi connectivity index (χ3n) is 5.43. The van der Waals surface area contributed by atoms with Gasteiger partial charge in [-0.25, -0.2) is 0 Å². The fourth-order valence-electron chi connectivity index (χ4n) is 3.86. The summed E-state index contributed by atoms with van der Waals surface area (Å²) in [6.45, 7) is 4.93. The van der Waals surface area contributed by atoms with Crippen molar-refractivity contribution >= 4 is 74.7 Å². The lowest BCUT2D eigenvalue weighted by molar-refractivity contribution is 0.356. The first-order valence-electron chi connectivity index (χ1n) is 10.4. The topological polar surface area (TPSA) is 39.1 Å². The summed E-state index contributed by atoms with van der Waals surface area (Å²) < 4.78 is 5.15. The highest BCUT2D eigenvalue weighted by Crippen LogP contribution is 2.37. The van der Waals surface area contributed by atoms with Crippen LogP contribution in [0.5, 0.6) is 0 Å². The van der Waals surface area contributed by atoms with E-state index in [-0.39, 0.29) is 11.1 Å². The van der Waals surface area contributed by atoms with Gasteiger partial charge in [0, 0.05) is 6.54 Å². The van der Waals surface area contributed by atoms with Crippen LogP contribution in [0.4, 0.5) is 0 Å². The van der Waals surface area contributed by atoms with Gasteiger partial charge in [-0.2, -0.15) is 0 Å². The summed E-state index contributed by atoms with van der Waals surface area (Å²) in [5.74, 6) is 0.369. The Labute approximate surface area is 196 Å². The number of nitrogens with zero attached hydrogens (tertiary/aromatic N) is 1. The molecule has 3 aromatic heterocycles. The van der Waals surface area contributed by atoms with Crippen LogP contribution < -0.4 is 11.1 Å². The molecule has 0 aromatic carbocycles. The van der Waals surface area contributed by atoms with Crippen molar-refractivity contribution in [2.45, 2.75) is 71.8 Å². The summed E-state index contributed by atoms with van der Waals surface area (Å²) in [5, 5.41) is 1.28. The van der Waals surface area contributed by atoms with Crippen molar-refractivity contribution in [2.75, 3.05) is 0 Å². The molecular weight excluding hydrogens is 534 g/mol. The van der Waals surface area contributed by atoms with Crippen LogP contribution in [0.15, 0.2) is 29.3 Å². The summed E-state index contributed by atoms with van der Waals surface area (Å²) in [7, 11) is 0. The van der Waals surface area contributed by atoms with Crippen LogP contribution in [-0.2, 0) is 6.54 Å². The maximum Gasteiger partial charge on any atom is 0.262 e. The summed E-state index contributed by atoms with van der Waals surface area (Å²) in [6, 6.07) is 3.74. The Hall–Kier alpha value is -0.500. The second-order valence-corrected chi connectivity index (χ2v) is 12.5. The van der Waals surface area contributed by atoms with Crippen LogP contribution in [0.1, 0.15) is 65.2 Å². The summed E-state index contributed by atoms with van der Waals surface area (Å²) in [6.07, 6.45) is 9.29. The van der Waals surface area contributed by atoms with E-state index >= 15 is 0 Å². The first kappa shape index (κ1) is 23.2. The first-order valence-corrected chi connectivity index (χ1v) is 13.6. The molecule has 1 atom stereocenters. The Balaban J connectivity index is 2.08. The van der Waals surface area contributed by atoms with Crippen LogP contribution in [0.25, 0.3) is 20.2 Å². The number of halogens is 2. The fourth-order valence-corrected chi connectivity index (χ4v) is 7.20. The van der Waals surface area contributed by atoms with E-state index in [2.05, 4.69) is 45.7 Å². The molecule has 29 heavy (non-hydrogen) atoms. The molecule has 0 aliphatic rings. The van der Waals surface area contributed by atoms with E-state index in [4.69, 9.17) is 0 Å². The second kappa shape index (κ2) is 10.7. The van der Waals surface area contributed by atoms with Crippen LogP contribution >= 0.6 is 54.5 Å². The Morgan fingerprint density at radius 3 is 1.86 bits per heavy atom. The second-order valence-electron chi connectivity index (χ2n) is 7.67. The zero-order valence-electron chi connectivity index (χ0n) is 16.9. The van der Waals surface area contributed by atoms with Crippen LogP contribution in [-0.4, -0.2) is 4.57 Å². The number of unbranched alkanes of at least 4 members (excludes halogenated alkanes) is 4. The molecule has 0 aliphatic carbocycles. The maximum atomic E-state index is 13.4. The minimum atomic E-state index is -0.151. The predicted molar refractivity (Wildman–Crippen MR) is 135 cm³/mol. The van der Waals surface area contributed by atoms with Crippen LogP contribution in [0.2, 0.25) is 0 Å². The van der Waals surface area contributed by atoms with Gasteiger partial charge in [0.25, 0.3) is 11.1 Å². The molecule has 0 spiro atoms. The molecule has 1 unspecified atom stereocenters. The van der Waals surface area contributed by atoms with Crippen molar-refractivity contribution in [2.24, 2.45) is 5.92 Å². The summed E-state index contributed by atoms with van der Waals surface area (Å²) in [5.41, 5.74) is -0.303. The molecule has 0 radical (unpaired) electrons. The van der Waals surface area contributed by atoms with Crippen molar-refractivity contribution in [3.63, 3.8) is 0 Å². The fraction of sp³-hybridized carbons (Fsp3) is 0.545. The van der Waals surface area contributed by atoms with Crippen LogP contribution in [0, 0.1) is 5.92 Å². The lowest BCUT2D eigenvalue weighted by Crippen LogP contribution is -2.33. The van der Waals surface area contributed by atoms with E-state index in [9.17, 15) is 9.59 Å². The molecule has 0 saturated heterocycles. The average Bonchev–Trinajstić information content (AvgIpc) is 3.26. The highest BCUT2D eigenvalue weighted by molar-refractivity contribution is 9.11. The molecule has 0 N–H and O–H groups in total. The smallest absolute Gasteiger partial charge is 0.262 e. The third kappa shape index (κ3) is 5.41. The molecule has 0 bridgehead atoms. The number of aromatic nitrogens is 1. The van der Waals surface area contributed by atoms with E-state index < -0.39 is 0 Å². The molecule has 0 fully saturated rings. The monoisotopic (exact) mass is 559 g/mol. The van der Waals surface area contributed by atoms with E-state index in [0.29, 0.717) is 23.2 Å². The van der Waals surface area contributed by atoms with Crippen LogP contribution in [0.3, 0.4) is 0 Å². The van der Waals surface area contributed by atoms with Gasteiger partial charge in [0.15, 0.2) is 0 Å². The van der Waals surface area contributed by atoms with Gasteiger partial charge in [-0.1, -0.05) is 52.4 Å². The number of rotatable bonds is 10. The van der Waals surface area contributed by atoms with Gasteiger partial charge in [-0.3, -0.25) is 14.2 Å². The minimum Gasteiger partial charge on any atom is -0.274 e. The largest absolute Gasteiger partial charge is 0.274 e. The van der Waals surface area contributed by atoms with Crippen molar-refractivity contribution < 1.29 is 0 Å². The van der Waals surface area contributed by atoms with Crippen molar-refractivity contribution in [3.8, 4) is 0 Å². The SMILES string of the molecule is CCCCCCC(CCCC)Cn1c(=O)c2cc(Br)sc2c2sc(Br)cc2c1=O. The molecule has 158 valence electrons. The van der Waals surface area contributed by atoms with Gasteiger partial charge in [-0.15, -0.1) is 22.7 Å². The van der Waals surface area contributed by atoms with Gasteiger partial charge in [-0.05, 0) is 62.8 Å². The van der Waals surface area contributed by atoms with E-state index in [1.54, 1.807) is 0 Å². The predicted octanol–water partition coefficient (Wildman–Crippen LogP) is 7.94.